The van der Waals surface area contributed by atoms with Crippen molar-refractivity contribution in [1.29, 1.82) is 0 Å². The van der Waals surface area contributed by atoms with Crippen LogP contribution in [0.15, 0.2) is 17.0 Å². The number of anilines is 1. The van der Waals surface area contributed by atoms with Crippen LogP contribution in [0.5, 0.6) is 0 Å². The highest BCUT2D eigenvalue weighted by Crippen LogP contribution is 2.25. The van der Waals surface area contributed by atoms with E-state index in [0.29, 0.717) is 5.56 Å². The van der Waals surface area contributed by atoms with E-state index in [9.17, 15) is 13.2 Å². The summed E-state index contributed by atoms with van der Waals surface area (Å²) >= 11 is 5.85. The Kier molecular flexibility index (Phi) is 4.55. The lowest BCUT2D eigenvalue weighted by Gasteiger charge is -2.09. The van der Waals surface area contributed by atoms with E-state index >= 15 is 0 Å². The molecular formula is C10H13ClN2O4S. The molecule has 1 rings (SSSR count). The molecule has 0 radical (unpaired) electrons. The lowest BCUT2D eigenvalue weighted by Crippen LogP contribution is -2.30. The predicted molar refractivity (Wildman–Crippen MR) is 67.8 cm³/mol. The van der Waals surface area contributed by atoms with Crippen LogP contribution in [-0.2, 0) is 19.6 Å². The van der Waals surface area contributed by atoms with Gasteiger partial charge in [-0.1, -0.05) is 11.6 Å². The van der Waals surface area contributed by atoms with E-state index in [4.69, 9.17) is 17.3 Å². The predicted octanol–water partition coefficient (Wildman–Crippen LogP) is 0.682. The number of carbonyl (C=O) groups excluding carboxylic acids is 1. The fraction of sp³-hybridized carbons (Fsp3) is 0.300. The fourth-order valence-corrected chi connectivity index (χ4v) is 2.46. The van der Waals surface area contributed by atoms with Crippen molar-refractivity contribution in [2.24, 2.45) is 0 Å². The number of halogens is 1. The zero-order valence-electron chi connectivity index (χ0n) is 9.86. The third-order valence-corrected chi connectivity index (χ3v) is 4.08. The second kappa shape index (κ2) is 5.55. The molecule has 1 aromatic rings. The van der Waals surface area contributed by atoms with Crippen molar-refractivity contribution in [3.63, 3.8) is 0 Å². The van der Waals surface area contributed by atoms with Gasteiger partial charge >= 0.3 is 5.97 Å². The SMILES string of the molecule is COC(=O)CNS(=O)(=O)c1cc(N)c(C)c(Cl)c1. The quantitative estimate of drug-likeness (QED) is 0.628. The molecule has 18 heavy (non-hydrogen) atoms. The van der Waals surface area contributed by atoms with E-state index < -0.39 is 22.5 Å². The molecule has 6 nitrogen and oxygen atoms in total. The molecule has 0 aliphatic rings. The van der Waals surface area contributed by atoms with E-state index in [0.717, 1.165) is 7.11 Å². The molecule has 0 saturated heterocycles. The van der Waals surface area contributed by atoms with Gasteiger partial charge in [-0.25, -0.2) is 8.42 Å². The van der Waals surface area contributed by atoms with Crippen molar-refractivity contribution >= 4 is 33.3 Å². The zero-order chi connectivity index (χ0) is 13.9. The van der Waals surface area contributed by atoms with Gasteiger partial charge in [0.1, 0.15) is 6.54 Å². The molecule has 0 aromatic heterocycles. The van der Waals surface area contributed by atoms with Crippen LogP contribution in [0.1, 0.15) is 5.56 Å². The summed E-state index contributed by atoms with van der Waals surface area (Å²) in [5.41, 5.74) is 6.50. The molecule has 0 saturated carbocycles. The summed E-state index contributed by atoms with van der Waals surface area (Å²) in [6.45, 7) is 1.22. The van der Waals surface area contributed by atoms with Crippen LogP contribution in [0.3, 0.4) is 0 Å². The average Bonchev–Trinajstić information content (AvgIpc) is 2.32. The van der Waals surface area contributed by atoms with Gasteiger partial charge in [0.25, 0.3) is 0 Å². The van der Waals surface area contributed by atoms with Crippen LogP contribution in [-0.4, -0.2) is 28.0 Å². The van der Waals surface area contributed by atoms with Gasteiger partial charge in [0.2, 0.25) is 10.0 Å². The fourth-order valence-electron chi connectivity index (χ4n) is 1.14. The number of nitrogens with one attached hydrogen (secondary N) is 1. The smallest absolute Gasteiger partial charge is 0.320 e. The monoisotopic (exact) mass is 292 g/mol. The highest BCUT2D eigenvalue weighted by atomic mass is 35.5. The van der Waals surface area contributed by atoms with Gasteiger partial charge in [-0.3, -0.25) is 4.79 Å². The molecule has 0 spiro atoms. The van der Waals surface area contributed by atoms with Gasteiger partial charge in [0.05, 0.1) is 12.0 Å². The first-order valence-corrected chi connectivity index (χ1v) is 6.76. The molecule has 0 bridgehead atoms. The third-order valence-electron chi connectivity index (χ3n) is 2.30. The Hall–Kier alpha value is -1.31. The molecule has 100 valence electrons. The molecule has 1 aromatic carbocycles. The van der Waals surface area contributed by atoms with Gasteiger partial charge < -0.3 is 10.5 Å². The highest BCUT2D eigenvalue weighted by molar-refractivity contribution is 7.89. The van der Waals surface area contributed by atoms with E-state index in [1.807, 2.05) is 0 Å². The molecule has 0 aliphatic carbocycles. The number of benzene rings is 1. The lowest BCUT2D eigenvalue weighted by atomic mass is 10.2. The summed E-state index contributed by atoms with van der Waals surface area (Å²) in [7, 11) is -2.68. The normalized spacial score (nSPS) is 11.3. The van der Waals surface area contributed by atoms with Crippen LogP contribution in [0, 0.1) is 6.92 Å². The number of hydrogen-bond acceptors (Lipinski definition) is 5. The number of ether oxygens (including phenoxy) is 1. The van der Waals surface area contributed by atoms with E-state index in [2.05, 4.69) is 9.46 Å². The number of sulfonamides is 1. The Morgan fingerprint density at radius 2 is 2.11 bits per heavy atom. The van der Waals surface area contributed by atoms with E-state index in [1.165, 1.54) is 12.1 Å². The minimum absolute atomic E-state index is 0.0977. The minimum atomic E-state index is -3.84. The Bertz CT molecular complexity index is 548. The molecule has 0 unspecified atom stereocenters. The Morgan fingerprint density at radius 1 is 1.50 bits per heavy atom. The van der Waals surface area contributed by atoms with Gasteiger partial charge in [-0.15, -0.1) is 0 Å². The first-order chi connectivity index (χ1) is 8.27. The number of nitrogens with two attached hydrogens (primary N) is 1. The zero-order valence-corrected chi connectivity index (χ0v) is 11.4. The largest absolute Gasteiger partial charge is 0.468 e. The maximum Gasteiger partial charge on any atom is 0.320 e. The first-order valence-electron chi connectivity index (χ1n) is 4.90. The number of esters is 1. The van der Waals surface area contributed by atoms with Gasteiger partial charge in [-0.05, 0) is 24.6 Å². The van der Waals surface area contributed by atoms with Crippen molar-refractivity contribution in [3.8, 4) is 0 Å². The molecule has 0 heterocycles. The molecule has 3 N–H and O–H groups in total. The van der Waals surface area contributed by atoms with Crippen LogP contribution in [0.2, 0.25) is 5.02 Å². The van der Waals surface area contributed by atoms with Crippen LogP contribution >= 0.6 is 11.6 Å². The molecule has 0 atom stereocenters. The Morgan fingerprint density at radius 3 is 2.61 bits per heavy atom. The lowest BCUT2D eigenvalue weighted by molar-refractivity contribution is -0.139. The number of nitrogen functional groups attached to an aromatic ring is 1. The van der Waals surface area contributed by atoms with Gasteiger partial charge in [-0.2, -0.15) is 4.72 Å². The molecule has 8 heteroatoms. The van der Waals surface area contributed by atoms with Crippen molar-refractivity contribution in [1.82, 2.24) is 4.72 Å². The summed E-state index contributed by atoms with van der Waals surface area (Å²) in [4.78, 5) is 10.8. The van der Waals surface area contributed by atoms with Crippen LogP contribution < -0.4 is 10.5 Å². The Balaban J connectivity index is 3.02. The van der Waals surface area contributed by atoms with Crippen molar-refractivity contribution < 1.29 is 17.9 Å². The maximum atomic E-state index is 11.8. The third kappa shape index (κ3) is 3.34. The second-order valence-corrected chi connectivity index (χ2v) is 5.69. The van der Waals surface area contributed by atoms with Gasteiger partial charge in [0, 0.05) is 10.7 Å². The average molecular weight is 293 g/mol. The van der Waals surface area contributed by atoms with Crippen LogP contribution in [0.4, 0.5) is 5.69 Å². The van der Waals surface area contributed by atoms with E-state index in [-0.39, 0.29) is 15.6 Å². The summed E-state index contributed by atoms with van der Waals surface area (Å²) in [6, 6.07) is 2.55. The number of rotatable bonds is 4. The summed E-state index contributed by atoms with van der Waals surface area (Å²) in [5.74, 6) is -0.690. The number of methoxy groups -OCH3 is 1. The van der Waals surface area contributed by atoms with Crippen molar-refractivity contribution in [3.05, 3.63) is 22.7 Å². The number of carbonyl (C=O) groups is 1. The van der Waals surface area contributed by atoms with Crippen LogP contribution in [0.25, 0.3) is 0 Å². The first kappa shape index (κ1) is 14.7. The topological polar surface area (TPSA) is 98.5 Å². The Labute approximate surface area is 110 Å². The minimum Gasteiger partial charge on any atom is -0.468 e. The van der Waals surface area contributed by atoms with E-state index in [1.54, 1.807) is 6.92 Å². The highest BCUT2D eigenvalue weighted by Gasteiger charge is 2.18. The summed E-state index contributed by atoms with van der Waals surface area (Å²) in [6.07, 6.45) is 0. The standard InChI is InChI=1S/C10H13ClN2O4S/c1-6-8(11)3-7(4-9(6)12)18(15,16)13-5-10(14)17-2/h3-4,13H,5,12H2,1-2H3. The van der Waals surface area contributed by atoms with Gasteiger partial charge in [0.15, 0.2) is 0 Å². The second-order valence-electron chi connectivity index (χ2n) is 3.52. The number of hydrogen-bond donors (Lipinski definition) is 2. The maximum absolute atomic E-state index is 11.8. The molecule has 0 fully saturated rings. The summed E-state index contributed by atoms with van der Waals surface area (Å²) in [5, 5.41) is 0.244. The molecule has 0 aliphatic heterocycles. The summed E-state index contributed by atoms with van der Waals surface area (Å²) < 4.78 is 30.1. The molecular weight excluding hydrogens is 280 g/mol. The van der Waals surface area contributed by atoms with Crippen molar-refractivity contribution in [2.45, 2.75) is 11.8 Å². The van der Waals surface area contributed by atoms with Crippen molar-refractivity contribution in [2.75, 3.05) is 19.4 Å². The molecule has 0 amide bonds.